The van der Waals surface area contributed by atoms with E-state index in [0.29, 0.717) is 11.8 Å². The summed E-state index contributed by atoms with van der Waals surface area (Å²) in [5.41, 5.74) is 4.51. The van der Waals surface area contributed by atoms with Crippen molar-refractivity contribution in [2.45, 2.75) is 19.3 Å². The van der Waals surface area contributed by atoms with E-state index in [1.807, 2.05) is 17.0 Å². The fourth-order valence-corrected chi connectivity index (χ4v) is 5.56. The lowest BCUT2D eigenvalue weighted by atomic mass is 10.00. The third-order valence-electron chi connectivity index (χ3n) is 6.24. The number of likely N-dealkylation sites (tertiary alicyclic amines) is 1. The molecule has 2 aromatic rings. The zero-order valence-electron chi connectivity index (χ0n) is 17.1. The first-order valence-corrected chi connectivity index (χ1v) is 11.2. The van der Waals surface area contributed by atoms with E-state index in [1.54, 1.807) is 30.7 Å². The molecule has 5 nitrogen and oxygen atoms in total. The van der Waals surface area contributed by atoms with Crippen molar-refractivity contribution < 1.29 is 9.53 Å². The zero-order chi connectivity index (χ0) is 20.7. The molecule has 2 aromatic heterocycles. The smallest absolute Gasteiger partial charge is 0.246 e. The Bertz CT molecular complexity index is 1070. The number of hydrogen-bond donors (Lipinski definition) is 1. The van der Waals surface area contributed by atoms with Crippen LogP contribution in [0.1, 0.15) is 28.8 Å². The molecule has 4 heterocycles. The van der Waals surface area contributed by atoms with Crippen molar-refractivity contribution in [3.63, 3.8) is 0 Å². The third-order valence-corrected chi connectivity index (χ3v) is 7.21. The number of anilines is 1. The number of amides is 1. The number of carbonyl (C=O) groups is 1. The summed E-state index contributed by atoms with van der Waals surface area (Å²) < 4.78 is 5.48. The fraction of sp³-hybridized carbons (Fsp3) is 0.333. The van der Waals surface area contributed by atoms with Crippen LogP contribution in [0.15, 0.2) is 48.1 Å². The Balaban J connectivity index is 1.23. The maximum absolute atomic E-state index is 12.7. The molecule has 0 aromatic carbocycles. The van der Waals surface area contributed by atoms with Gasteiger partial charge in [-0.2, -0.15) is 0 Å². The van der Waals surface area contributed by atoms with Crippen LogP contribution in [0.5, 0.6) is 5.75 Å². The SMILES string of the molecule is C=C1CCc2cc(/C=C/C(=O)N3CC4C=C(c5sccc5OC)CC4C3)cnc2N1. The van der Waals surface area contributed by atoms with Crippen molar-refractivity contribution in [2.75, 3.05) is 25.5 Å². The molecule has 1 amide bonds. The van der Waals surface area contributed by atoms with E-state index in [0.717, 1.165) is 55.2 Å². The number of allylic oxidation sites excluding steroid dienone is 2. The van der Waals surface area contributed by atoms with Crippen molar-refractivity contribution in [3.8, 4) is 5.75 Å². The molecule has 5 rings (SSSR count). The zero-order valence-corrected chi connectivity index (χ0v) is 17.9. The number of nitrogens with zero attached hydrogens (tertiary/aromatic N) is 2. The molecule has 0 saturated carbocycles. The van der Waals surface area contributed by atoms with Crippen LogP contribution in [0.3, 0.4) is 0 Å². The third kappa shape index (κ3) is 3.56. The van der Waals surface area contributed by atoms with Crippen LogP contribution in [-0.4, -0.2) is 36.0 Å². The van der Waals surface area contributed by atoms with Gasteiger partial charge in [-0.3, -0.25) is 4.79 Å². The summed E-state index contributed by atoms with van der Waals surface area (Å²) in [5, 5.41) is 5.30. The number of pyridine rings is 1. The predicted molar refractivity (Wildman–Crippen MR) is 121 cm³/mol. The lowest BCUT2D eigenvalue weighted by Gasteiger charge is -2.19. The first-order valence-electron chi connectivity index (χ1n) is 10.3. The van der Waals surface area contributed by atoms with Crippen LogP contribution in [-0.2, 0) is 11.2 Å². The van der Waals surface area contributed by atoms with Gasteiger partial charge in [0.05, 0.1) is 12.0 Å². The Morgan fingerprint density at radius 1 is 1.40 bits per heavy atom. The summed E-state index contributed by atoms with van der Waals surface area (Å²) >= 11 is 1.73. The number of rotatable bonds is 4. The Morgan fingerprint density at radius 3 is 3.13 bits per heavy atom. The van der Waals surface area contributed by atoms with Gasteiger partial charge in [-0.1, -0.05) is 12.7 Å². The molecule has 0 spiro atoms. The van der Waals surface area contributed by atoms with Crippen LogP contribution in [0.25, 0.3) is 11.6 Å². The van der Waals surface area contributed by atoms with Crippen LogP contribution in [0, 0.1) is 11.8 Å². The lowest BCUT2D eigenvalue weighted by molar-refractivity contribution is -0.125. The minimum atomic E-state index is 0.0808. The average Bonchev–Trinajstić information content (AvgIpc) is 3.45. The quantitative estimate of drug-likeness (QED) is 0.736. The van der Waals surface area contributed by atoms with Crippen molar-refractivity contribution in [1.29, 1.82) is 0 Å². The van der Waals surface area contributed by atoms with E-state index in [-0.39, 0.29) is 5.91 Å². The van der Waals surface area contributed by atoms with Gasteiger partial charge in [0, 0.05) is 31.1 Å². The maximum atomic E-state index is 12.7. The standard InChI is InChI=1S/C24H25N3O2S/c1-15-3-5-17-9-16(12-25-24(17)26-15)4-6-22(28)27-13-19-10-18(11-20(19)14-27)23-21(29-2)7-8-30-23/h4,6-10,12,19-20H,1,3,5,11,13-14H2,2H3,(H,25,26)/b6-4+. The molecule has 1 N–H and O–H groups in total. The van der Waals surface area contributed by atoms with E-state index in [4.69, 9.17) is 4.74 Å². The van der Waals surface area contributed by atoms with Gasteiger partial charge in [-0.05, 0) is 71.4 Å². The lowest BCUT2D eigenvalue weighted by Crippen LogP contribution is -2.27. The summed E-state index contributed by atoms with van der Waals surface area (Å²) in [4.78, 5) is 20.4. The van der Waals surface area contributed by atoms with Crippen LogP contribution < -0.4 is 10.1 Å². The fourth-order valence-electron chi connectivity index (χ4n) is 4.66. The number of aryl methyl sites for hydroxylation is 1. The summed E-state index contributed by atoms with van der Waals surface area (Å²) in [6.45, 7) is 5.57. The molecule has 0 radical (unpaired) electrons. The second-order valence-electron chi connectivity index (χ2n) is 8.22. The molecule has 2 unspecified atom stereocenters. The highest BCUT2D eigenvalue weighted by Crippen LogP contribution is 2.45. The summed E-state index contributed by atoms with van der Waals surface area (Å²) in [7, 11) is 1.72. The number of thiophene rings is 1. The van der Waals surface area contributed by atoms with E-state index in [1.165, 1.54) is 16.0 Å². The first kappa shape index (κ1) is 19.1. The molecule has 1 fully saturated rings. The van der Waals surface area contributed by atoms with Crippen LogP contribution in [0.2, 0.25) is 0 Å². The summed E-state index contributed by atoms with van der Waals surface area (Å²) in [6.07, 6.45) is 10.6. The van der Waals surface area contributed by atoms with Gasteiger partial charge in [0.2, 0.25) is 5.91 Å². The number of aromatic nitrogens is 1. The normalized spacial score (nSPS) is 22.6. The van der Waals surface area contributed by atoms with Gasteiger partial charge >= 0.3 is 0 Å². The van der Waals surface area contributed by atoms with Crippen LogP contribution in [0.4, 0.5) is 5.82 Å². The Kier molecular flexibility index (Phi) is 4.95. The summed E-state index contributed by atoms with van der Waals surface area (Å²) in [6, 6.07) is 4.13. The molecular weight excluding hydrogens is 394 g/mol. The largest absolute Gasteiger partial charge is 0.495 e. The van der Waals surface area contributed by atoms with Crippen molar-refractivity contribution in [2.24, 2.45) is 11.8 Å². The van der Waals surface area contributed by atoms with E-state index in [9.17, 15) is 4.79 Å². The van der Waals surface area contributed by atoms with Crippen molar-refractivity contribution >= 4 is 34.7 Å². The molecule has 3 aliphatic rings. The number of carbonyl (C=O) groups excluding carboxylic acids is 1. The minimum Gasteiger partial charge on any atom is -0.495 e. The number of hydrogen-bond acceptors (Lipinski definition) is 5. The number of methoxy groups -OCH3 is 1. The van der Waals surface area contributed by atoms with Crippen LogP contribution >= 0.6 is 11.3 Å². The molecule has 2 aliphatic heterocycles. The highest BCUT2D eigenvalue weighted by Gasteiger charge is 2.38. The van der Waals surface area contributed by atoms with Gasteiger partial charge in [0.1, 0.15) is 11.6 Å². The topological polar surface area (TPSA) is 54.5 Å². The van der Waals surface area contributed by atoms with Gasteiger partial charge < -0.3 is 15.0 Å². The highest BCUT2D eigenvalue weighted by atomic mass is 32.1. The van der Waals surface area contributed by atoms with Gasteiger partial charge in [0.15, 0.2) is 0 Å². The Labute approximate surface area is 180 Å². The number of nitrogens with one attached hydrogen (secondary N) is 1. The maximum Gasteiger partial charge on any atom is 0.246 e. The van der Waals surface area contributed by atoms with Gasteiger partial charge in [0.25, 0.3) is 0 Å². The summed E-state index contributed by atoms with van der Waals surface area (Å²) in [5.74, 6) is 2.87. The van der Waals surface area contributed by atoms with E-state index < -0.39 is 0 Å². The molecule has 1 saturated heterocycles. The van der Waals surface area contributed by atoms with E-state index in [2.05, 4.69) is 34.4 Å². The average molecular weight is 420 g/mol. The van der Waals surface area contributed by atoms with E-state index >= 15 is 0 Å². The molecule has 2 atom stereocenters. The van der Waals surface area contributed by atoms with Gasteiger partial charge in [-0.25, -0.2) is 4.98 Å². The second kappa shape index (κ2) is 7.76. The Morgan fingerprint density at radius 2 is 2.30 bits per heavy atom. The molecule has 1 aliphatic carbocycles. The monoisotopic (exact) mass is 419 g/mol. The second-order valence-corrected chi connectivity index (χ2v) is 9.14. The molecule has 154 valence electrons. The molecule has 6 heteroatoms. The number of fused-ring (bicyclic) bond motifs is 2. The van der Waals surface area contributed by atoms with Crippen molar-refractivity contribution in [1.82, 2.24) is 9.88 Å². The highest BCUT2D eigenvalue weighted by molar-refractivity contribution is 7.11. The first-order chi connectivity index (χ1) is 14.6. The molecule has 0 bridgehead atoms. The molecule has 30 heavy (non-hydrogen) atoms. The minimum absolute atomic E-state index is 0.0808. The molecular formula is C24H25N3O2S. The number of ether oxygens (including phenoxy) is 1. The van der Waals surface area contributed by atoms with Gasteiger partial charge in [-0.15, -0.1) is 11.3 Å². The predicted octanol–water partition coefficient (Wildman–Crippen LogP) is 4.60. The van der Waals surface area contributed by atoms with Crippen molar-refractivity contribution in [3.05, 3.63) is 64.1 Å². The Hall–Kier alpha value is -2.86.